The second-order valence-electron chi connectivity index (χ2n) is 6.92. The summed E-state index contributed by atoms with van der Waals surface area (Å²) in [5.41, 5.74) is 2.74. The van der Waals surface area contributed by atoms with Crippen LogP contribution in [-0.4, -0.2) is 26.0 Å². The minimum atomic E-state index is -0.271. The number of rotatable bonds is 5. The van der Waals surface area contributed by atoms with Crippen molar-refractivity contribution in [1.29, 1.82) is 0 Å². The molecule has 2 aromatic carbocycles. The molecular formula is C24H17N5O2. The number of aromatic nitrogens is 4. The van der Waals surface area contributed by atoms with Gasteiger partial charge in [0.25, 0.3) is 5.91 Å². The standard InChI is InChI=1S/C24H17N5O2/c30-24(22-19-7-3-1-5-16(19)11-14-26-22)27-20-8-4-2-6-18(20)15-21-28-23(29-31-21)17-9-12-25-13-10-17/h1-14H,15H2,(H,27,30). The molecule has 0 fully saturated rings. The molecule has 0 aliphatic heterocycles. The number of pyridine rings is 2. The van der Waals surface area contributed by atoms with Crippen LogP contribution >= 0.6 is 0 Å². The fraction of sp³-hybridized carbons (Fsp3) is 0.0417. The minimum Gasteiger partial charge on any atom is -0.339 e. The largest absolute Gasteiger partial charge is 0.339 e. The molecule has 0 aliphatic rings. The van der Waals surface area contributed by atoms with Gasteiger partial charge in [0, 0.05) is 35.2 Å². The molecule has 3 aromatic heterocycles. The van der Waals surface area contributed by atoms with Crippen molar-refractivity contribution in [2.45, 2.75) is 6.42 Å². The van der Waals surface area contributed by atoms with Gasteiger partial charge >= 0.3 is 0 Å². The predicted octanol–water partition coefficient (Wildman–Crippen LogP) is 4.52. The Morgan fingerprint density at radius 3 is 2.61 bits per heavy atom. The fourth-order valence-corrected chi connectivity index (χ4v) is 3.39. The summed E-state index contributed by atoms with van der Waals surface area (Å²) in [4.78, 5) is 25.7. The molecule has 0 bridgehead atoms. The lowest BCUT2D eigenvalue weighted by Gasteiger charge is -2.10. The first-order valence-electron chi connectivity index (χ1n) is 9.74. The number of carbonyl (C=O) groups excluding carboxylic acids is 1. The number of nitrogens with zero attached hydrogens (tertiary/aromatic N) is 4. The lowest BCUT2D eigenvalue weighted by Crippen LogP contribution is -2.15. The van der Waals surface area contributed by atoms with Crippen molar-refractivity contribution >= 4 is 22.4 Å². The number of fused-ring (bicyclic) bond motifs is 1. The zero-order valence-electron chi connectivity index (χ0n) is 16.4. The normalized spacial score (nSPS) is 10.8. The van der Waals surface area contributed by atoms with Gasteiger partial charge in [-0.15, -0.1) is 0 Å². The van der Waals surface area contributed by atoms with Crippen LogP contribution in [0.25, 0.3) is 22.2 Å². The molecule has 1 N–H and O–H groups in total. The quantitative estimate of drug-likeness (QED) is 0.460. The molecule has 7 heteroatoms. The summed E-state index contributed by atoms with van der Waals surface area (Å²) in [6.45, 7) is 0. The zero-order chi connectivity index (χ0) is 21.0. The molecule has 150 valence electrons. The van der Waals surface area contributed by atoms with Crippen LogP contribution in [0.2, 0.25) is 0 Å². The predicted molar refractivity (Wildman–Crippen MR) is 116 cm³/mol. The van der Waals surface area contributed by atoms with Gasteiger partial charge in [-0.25, -0.2) is 0 Å². The Balaban J connectivity index is 1.40. The van der Waals surface area contributed by atoms with Crippen molar-refractivity contribution in [2.24, 2.45) is 0 Å². The summed E-state index contributed by atoms with van der Waals surface area (Å²) in [5.74, 6) is 0.683. The van der Waals surface area contributed by atoms with E-state index in [1.807, 2.05) is 66.7 Å². The Morgan fingerprint density at radius 2 is 1.71 bits per heavy atom. The van der Waals surface area contributed by atoms with Crippen LogP contribution in [0.4, 0.5) is 5.69 Å². The van der Waals surface area contributed by atoms with Gasteiger partial charge in [-0.3, -0.25) is 14.8 Å². The number of hydrogen-bond acceptors (Lipinski definition) is 6. The Morgan fingerprint density at radius 1 is 0.903 bits per heavy atom. The van der Waals surface area contributed by atoms with Crippen molar-refractivity contribution < 1.29 is 9.32 Å². The number of nitrogens with one attached hydrogen (secondary N) is 1. The van der Waals surface area contributed by atoms with Crippen LogP contribution in [0.1, 0.15) is 21.9 Å². The number of benzene rings is 2. The van der Waals surface area contributed by atoms with Gasteiger partial charge in [0.2, 0.25) is 11.7 Å². The highest BCUT2D eigenvalue weighted by Crippen LogP contribution is 2.23. The van der Waals surface area contributed by atoms with Crippen LogP contribution in [-0.2, 0) is 6.42 Å². The maximum absolute atomic E-state index is 13.0. The lowest BCUT2D eigenvalue weighted by atomic mass is 10.1. The van der Waals surface area contributed by atoms with E-state index >= 15 is 0 Å². The second kappa shape index (κ2) is 8.16. The van der Waals surface area contributed by atoms with Gasteiger partial charge in [-0.05, 0) is 35.2 Å². The van der Waals surface area contributed by atoms with Gasteiger partial charge in [0.1, 0.15) is 5.69 Å². The maximum atomic E-state index is 13.0. The van der Waals surface area contributed by atoms with E-state index in [2.05, 4.69) is 25.4 Å². The molecule has 0 aliphatic carbocycles. The monoisotopic (exact) mass is 407 g/mol. The Hall–Kier alpha value is -4.39. The number of carbonyl (C=O) groups is 1. The van der Waals surface area contributed by atoms with E-state index in [-0.39, 0.29) is 5.91 Å². The third-order valence-corrected chi connectivity index (χ3v) is 4.90. The van der Waals surface area contributed by atoms with Crippen LogP contribution in [0.5, 0.6) is 0 Å². The third-order valence-electron chi connectivity index (χ3n) is 4.90. The smallest absolute Gasteiger partial charge is 0.274 e. The molecule has 0 atom stereocenters. The van der Waals surface area contributed by atoms with E-state index in [1.54, 1.807) is 18.6 Å². The molecule has 1 amide bonds. The van der Waals surface area contributed by atoms with Gasteiger partial charge < -0.3 is 9.84 Å². The molecule has 5 rings (SSSR count). The van der Waals surface area contributed by atoms with Crippen molar-refractivity contribution in [1.82, 2.24) is 20.1 Å². The molecule has 7 nitrogen and oxygen atoms in total. The van der Waals surface area contributed by atoms with Crippen LogP contribution in [0.3, 0.4) is 0 Å². The molecule has 0 radical (unpaired) electrons. The number of anilines is 1. The van der Waals surface area contributed by atoms with Crippen molar-refractivity contribution in [3.8, 4) is 11.4 Å². The maximum Gasteiger partial charge on any atom is 0.274 e. The Bertz CT molecular complexity index is 1360. The van der Waals surface area contributed by atoms with Gasteiger partial charge in [0.05, 0.1) is 6.42 Å². The Kier molecular flexibility index (Phi) is 4.90. The number of amides is 1. The van der Waals surface area contributed by atoms with E-state index in [0.717, 1.165) is 21.9 Å². The van der Waals surface area contributed by atoms with Crippen molar-refractivity contribution in [2.75, 3.05) is 5.32 Å². The summed E-state index contributed by atoms with van der Waals surface area (Å²) in [7, 11) is 0. The highest BCUT2D eigenvalue weighted by molar-refractivity contribution is 6.11. The first-order valence-corrected chi connectivity index (χ1v) is 9.74. The molecule has 0 unspecified atom stereocenters. The first-order chi connectivity index (χ1) is 15.3. The van der Waals surface area contributed by atoms with Crippen LogP contribution < -0.4 is 5.32 Å². The van der Waals surface area contributed by atoms with E-state index in [9.17, 15) is 4.79 Å². The van der Waals surface area contributed by atoms with Crippen molar-refractivity contribution in [3.05, 3.63) is 102 Å². The van der Waals surface area contributed by atoms with E-state index in [4.69, 9.17) is 4.52 Å². The molecule has 3 heterocycles. The average Bonchev–Trinajstić information content (AvgIpc) is 3.29. The number of hydrogen-bond donors (Lipinski definition) is 1. The third kappa shape index (κ3) is 3.89. The van der Waals surface area contributed by atoms with Crippen LogP contribution in [0.15, 0.2) is 89.8 Å². The van der Waals surface area contributed by atoms with Crippen molar-refractivity contribution in [3.63, 3.8) is 0 Å². The van der Waals surface area contributed by atoms with Crippen LogP contribution in [0, 0.1) is 0 Å². The fourth-order valence-electron chi connectivity index (χ4n) is 3.39. The summed E-state index contributed by atoms with van der Waals surface area (Å²) in [6, 6.07) is 20.7. The molecule has 0 saturated carbocycles. The average molecular weight is 407 g/mol. The molecule has 0 spiro atoms. The topological polar surface area (TPSA) is 93.8 Å². The Labute approximate surface area is 177 Å². The van der Waals surface area contributed by atoms with Gasteiger partial charge in [0.15, 0.2) is 0 Å². The zero-order valence-corrected chi connectivity index (χ0v) is 16.4. The van der Waals surface area contributed by atoms with Gasteiger partial charge in [-0.1, -0.05) is 47.6 Å². The highest BCUT2D eigenvalue weighted by Gasteiger charge is 2.15. The molecule has 31 heavy (non-hydrogen) atoms. The first kappa shape index (κ1) is 18.6. The molecule has 0 saturated heterocycles. The second-order valence-corrected chi connectivity index (χ2v) is 6.92. The minimum absolute atomic E-state index is 0.271. The summed E-state index contributed by atoms with van der Waals surface area (Å²) in [5, 5.41) is 8.79. The summed E-state index contributed by atoms with van der Waals surface area (Å²) in [6.07, 6.45) is 5.38. The van der Waals surface area contributed by atoms with E-state index < -0.39 is 0 Å². The van der Waals surface area contributed by atoms with E-state index in [1.165, 1.54) is 0 Å². The SMILES string of the molecule is O=C(Nc1ccccc1Cc1nc(-c2ccncc2)no1)c1nccc2ccccc12. The molecular weight excluding hydrogens is 390 g/mol. The van der Waals surface area contributed by atoms with Gasteiger partial charge in [-0.2, -0.15) is 4.98 Å². The van der Waals surface area contributed by atoms with E-state index in [0.29, 0.717) is 29.5 Å². The highest BCUT2D eigenvalue weighted by atomic mass is 16.5. The summed E-state index contributed by atoms with van der Waals surface area (Å²) >= 11 is 0. The number of para-hydroxylation sites is 1. The lowest BCUT2D eigenvalue weighted by molar-refractivity contribution is 0.102. The summed E-state index contributed by atoms with van der Waals surface area (Å²) < 4.78 is 5.42. The molecule has 5 aromatic rings.